The first kappa shape index (κ1) is 16.4. The van der Waals surface area contributed by atoms with Gasteiger partial charge in [0.1, 0.15) is 5.82 Å². The molecule has 6 heteroatoms. The van der Waals surface area contributed by atoms with Crippen molar-refractivity contribution in [2.45, 2.75) is 19.8 Å². The molecular formula is C16H22FN3O2. The highest BCUT2D eigenvalue weighted by atomic mass is 19.1. The van der Waals surface area contributed by atoms with Gasteiger partial charge in [-0.25, -0.2) is 4.39 Å². The lowest BCUT2D eigenvalue weighted by atomic mass is 10.2. The highest BCUT2D eigenvalue weighted by molar-refractivity contribution is 6.39. The third-order valence-corrected chi connectivity index (χ3v) is 3.93. The van der Waals surface area contributed by atoms with Gasteiger partial charge in [0.2, 0.25) is 0 Å². The molecule has 0 bridgehead atoms. The fraction of sp³-hybridized carbons (Fsp3) is 0.500. The molecule has 2 rings (SSSR count). The molecule has 1 aliphatic heterocycles. The van der Waals surface area contributed by atoms with Crippen molar-refractivity contribution in [3.63, 3.8) is 0 Å². The summed E-state index contributed by atoms with van der Waals surface area (Å²) < 4.78 is 13.8. The number of benzene rings is 1. The van der Waals surface area contributed by atoms with E-state index in [4.69, 9.17) is 0 Å². The SMILES string of the molecule is Cc1cccc(NC(=O)C(=O)N(C)CCN2CCCC2)c1F. The smallest absolute Gasteiger partial charge is 0.313 e. The maximum absolute atomic E-state index is 13.8. The lowest BCUT2D eigenvalue weighted by Crippen LogP contribution is -2.41. The molecule has 1 N–H and O–H groups in total. The fourth-order valence-corrected chi connectivity index (χ4v) is 2.49. The Labute approximate surface area is 130 Å². The van der Waals surface area contributed by atoms with Crippen molar-refractivity contribution >= 4 is 17.5 Å². The number of rotatable bonds is 4. The summed E-state index contributed by atoms with van der Waals surface area (Å²) >= 11 is 0. The Bertz CT molecular complexity index is 556. The fourth-order valence-electron chi connectivity index (χ4n) is 2.49. The van der Waals surface area contributed by atoms with Crippen LogP contribution in [0.15, 0.2) is 18.2 Å². The minimum absolute atomic E-state index is 0.0336. The van der Waals surface area contributed by atoms with Gasteiger partial charge >= 0.3 is 11.8 Å². The first-order valence-electron chi connectivity index (χ1n) is 7.53. The molecule has 1 aliphatic rings. The molecule has 5 nitrogen and oxygen atoms in total. The average molecular weight is 307 g/mol. The molecule has 0 aromatic heterocycles. The lowest BCUT2D eigenvalue weighted by Gasteiger charge is -2.21. The van der Waals surface area contributed by atoms with E-state index >= 15 is 0 Å². The van der Waals surface area contributed by atoms with Crippen LogP contribution in [0.1, 0.15) is 18.4 Å². The summed E-state index contributed by atoms with van der Waals surface area (Å²) in [6.45, 7) is 4.94. The Morgan fingerprint density at radius 3 is 2.68 bits per heavy atom. The van der Waals surface area contributed by atoms with E-state index in [1.165, 1.54) is 23.8 Å². The molecule has 0 radical (unpaired) electrons. The molecule has 1 saturated heterocycles. The van der Waals surface area contributed by atoms with Gasteiger partial charge in [-0.05, 0) is 44.5 Å². The van der Waals surface area contributed by atoms with Crippen molar-refractivity contribution < 1.29 is 14.0 Å². The lowest BCUT2D eigenvalue weighted by molar-refractivity contribution is -0.142. The number of carbonyl (C=O) groups excluding carboxylic acids is 2. The number of carbonyl (C=O) groups is 2. The van der Waals surface area contributed by atoms with Crippen LogP contribution in [0, 0.1) is 12.7 Å². The van der Waals surface area contributed by atoms with Gasteiger partial charge in [-0.1, -0.05) is 12.1 Å². The first-order valence-corrected chi connectivity index (χ1v) is 7.53. The van der Waals surface area contributed by atoms with E-state index in [2.05, 4.69) is 10.2 Å². The maximum Gasteiger partial charge on any atom is 0.313 e. The van der Waals surface area contributed by atoms with Crippen molar-refractivity contribution in [2.24, 2.45) is 0 Å². The van der Waals surface area contributed by atoms with E-state index in [1.54, 1.807) is 26.1 Å². The number of halogens is 1. The Balaban J connectivity index is 1.87. The molecule has 120 valence electrons. The van der Waals surface area contributed by atoms with Crippen LogP contribution >= 0.6 is 0 Å². The van der Waals surface area contributed by atoms with Gasteiger partial charge in [0.05, 0.1) is 5.69 Å². The summed E-state index contributed by atoms with van der Waals surface area (Å²) in [5, 5.41) is 2.34. The molecule has 0 unspecified atom stereocenters. The number of aryl methyl sites for hydroxylation is 1. The quantitative estimate of drug-likeness (QED) is 0.860. The zero-order chi connectivity index (χ0) is 16.1. The molecule has 1 aromatic carbocycles. The van der Waals surface area contributed by atoms with E-state index in [1.807, 2.05) is 0 Å². The van der Waals surface area contributed by atoms with Gasteiger partial charge in [-0.15, -0.1) is 0 Å². The van der Waals surface area contributed by atoms with Crippen molar-refractivity contribution in [1.82, 2.24) is 9.80 Å². The molecular weight excluding hydrogens is 285 g/mol. The third kappa shape index (κ3) is 4.04. The van der Waals surface area contributed by atoms with Gasteiger partial charge in [0.25, 0.3) is 0 Å². The maximum atomic E-state index is 13.8. The molecule has 0 aliphatic carbocycles. The highest BCUT2D eigenvalue weighted by Gasteiger charge is 2.21. The molecule has 1 aromatic rings. The Kier molecular flexibility index (Phi) is 5.49. The number of anilines is 1. The van der Waals surface area contributed by atoms with E-state index in [-0.39, 0.29) is 5.69 Å². The van der Waals surface area contributed by atoms with Gasteiger partial charge in [-0.3, -0.25) is 9.59 Å². The van der Waals surface area contributed by atoms with Crippen molar-refractivity contribution in [3.05, 3.63) is 29.6 Å². The van der Waals surface area contributed by atoms with Crippen LogP contribution in [0.2, 0.25) is 0 Å². The molecule has 1 heterocycles. The van der Waals surface area contributed by atoms with Crippen molar-refractivity contribution in [1.29, 1.82) is 0 Å². The van der Waals surface area contributed by atoms with Gasteiger partial charge < -0.3 is 15.1 Å². The second kappa shape index (κ2) is 7.35. The minimum atomic E-state index is -0.812. The van der Waals surface area contributed by atoms with Crippen LogP contribution in [-0.4, -0.2) is 54.8 Å². The van der Waals surface area contributed by atoms with Crippen LogP contribution in [0.25, 0.3) is 0 Å². The average Bonchev–Trinajstić information content (AvgIpc) is 3.02. The predicted molar refractivity (Wildman–Crippen MR) is 83.1 cm³/mol. The number of amides is 2. The summed E-state index contributed by atoms with van der Waals surface area (Å²) in [5.41, 5.74) is 0.457. The monoisotopic (exact) mass is 307 g/mol. The molecule has 0 saturated carbocycles. The summed E-state index contributed by atoms with van der Waals surface area (Å²) in [7, 11) is 1.59. The molecule has 0 atom stereocenters. The molecule has 1 fully saturated rings. The Morgan fingerprint density at radius 2 is 2.00 bits per heavy atom. The van der Waals surface area contributed by atoms with E-state index in [0.29, 0.717) is 12.1 Å². The van der Waals surface area contributed by atoms with Crippen LogP contribution in [0.3, 0.4) is 0 Å². The molecule has 22 heavy (non-hydrogen) atoms. The summed E-state index contributed by atoms with van der Waals surface area (Å²) in [6, 6.07) is 4.68. The van der Waals surface area contributed by atoms with Gasteiger partial charge in [0.15, 0.2) is 0 Å². The van der Waals surface area contributed by atoms with E-state index < -0.39 is 17.6 Å². The Hall–Kier alpha value is -1.95. The summed E-state index contributed by atoms with van der Waals surface area (Å²) in [6.07, 6.45) is 2.37. The highest BCUT2D eigenvalue weighted by Crippen LogP contribution is 2.17. The van der Waals surface area contributed by atoms with Crippen molar-refractivity contribution in [2.75, 3.05) is 38.5 Å². The first-order chi connectivity index (χ1) is 10.5. The molecule has 2 amide bonds. The number of nitrogens with zero attached hydrogens (tertiary/aromatic N) is 2. The number of likely N-dealkylation sites (N-methyl/N-ethyl adjacent to an activating group) is 1. The topological polar surface area (TPSA) is 52.7 Å². The van der Waals surface area contributed by atoms with Crippen molar-refractivity contribution in [3.8, 4) is 0 Å². The second-order valence-corrected chi connectivity index (χ2v) is 5.67. The number of likely N-dealkylation sites (tertiary alicyclic amines) is 1. The van der Waals surface area contributed by atoms with Crippen LogP contribution in [0.4, 0.5) is 10.1 Å². The normalized spacial score (nSPS) is 14.9. The van der Waals surface area contributed by atoms with E-state index in [0.717, 1.165) is 19.6 Å². The minimum Gasteiger partial charge on any atom is -0.336 e. The summed E-state index contributed by atoms with van der Waals surface area (Å²) in [4.78, 5) is 27.6. The standard InChI is InChI=1S/C16H22FN3O2/c1-12-6-5-7-13(14(12)17)18-15(21)16(22)19(2)10-11-20-8-3-4-9-20/h5-7H,3-4,8-11H2,1-2H3,(H,18,21). The third-order valence-electron chi connectivity index (χ3n) is 3.93. The van der Waals surface area contributed by atoms with Gasteiger partial charge in [0, 0.05) is 20.1 Å². The predicted octanol–water partition coefficient (Wildman–Crippen LogP) is 1.63. The van der Waals surface area contributed by atoms with Gasteiger partial charge in [-0.2, -0.15) is 0 Å². The zero-order valence-corrected chi connectivity index (χ0v) is 13.1. The van der Waals surface area contributed by atoms with Crippen LogP contribution in [-0.2, 0) is 9.59 Å². The second-order valence-electron chi connectivity index (χ2n) is 5.67. The summed E-state index contributed by atoms with van der Waals surface area (Å²) in [5.74, 6) is -1.98. The van der Waals surface area contributed by atoms with Crippen LogP contribution < -0.4 is 5.32 Å². The number of hydrogen-bond donors (Lipinski definition) is 1. The Morgan fingerprint density at radius 1 is 1.32 bits per heavy atom. The van der Waals surface area contributed by atoms with E-state index in [9.17, 15) is 14.0 Å². The zero-order valence-electron chi connectivity index (χ0n) is 13.1. The van der Waals surface area contributed by atoms with Crippen LogP contribution in [0.5, 0.6) is 0 Å². The number of hydrogen-bond acceptors (Lipinski definition) is 3. The number of nitrogens with one attached hydrogen (secondary N) is 1. The largest absolute Gasteiger partial charge is 0.336 e. The molecule has 0 spiro atoms.